The average molecular weight is 560 g/mol. The number of benzene rings is 1. The van der Waals surface area contributed by atoms with Crippen LogP contribution in [0.15, 0.2) is 36.8 Å². The van der Waals surface area contributed by atoms with E-state index in [-0.39, 0.29) is 43.8 Å². The Morgan fingerprint density at radius 2 is 1.52 bits per heavy atom. The van der Waals surface area contributed by atoms with Crippen LogP contribution in [0.4, 0.5) is 0 Å². The van der Waals surface area contributed by atoms with Crippen LogP contribution in [0.3, 0.4) is 0 Å². The fourth-order valence-electron chi connectivity index (χ4n) is 3.88. The van der Waals surface area contributed by atoms with Crippen LogP contribution in [0.5, 0.6) is 5.75 Å². The molecule has 0 saturated heterocycles. The third kappa shape index (κ3) is 10.7. The standard InChI is InChI=1S/C26H37N7O7/c1-14(2)9-21(26(39)40)33-25(38)20(11-16-12-29-13-30-16)32-24(37)19(7-8-22(28)35)31-23(36)18(27)10-15-3-5-17(34)6-4-15/h3-6,12-14,18-21,34H,7-11,27H2,1-2H3,(H2,28,35)(H,29,30)(H,31,36)(H,32,37)(H,33,38)(H,39,40). The molecule has 0 aliphatic carbocycles. The van der Waals surface area contributed by atoms with Gasteiger partial charge in [-0.05, 0) is 42.9 Å². The predicted octanol–water partition coefficient (Wildman–Crippen LogP) is -0.922. The number of H-pyrrole nitrogens is 1. The lowest BCUT2D eigenvalue weighted by atomic mass is 10.0. The van der Waals surface area contributed by atoms with Gasteiger partial charge in [0.25, 0.3) is 0 Å². The number of nitrogens with zero attached hydrogens (tertiary/aromatic N) is 1. The maximum absolute atomic E-state index is 13.3. The molecule has 14 heteroatoms. The Kier molecular flexibility index (Phi) is 12.1. The number of aromatic amines is 1. The van der Waals surface area contributed by atoms with Gasteiger partial charge in [0.05, 0.1) is 12.4 Å². The predicted molar refractivity (Wildman–Crippen MR) is 143 cm³/mol. The first-order valence-corrected chi connectivity index (χ1v) is 12.8. The molecule has 1 heterocycles. The van der Waals surface area contributed by atoms with E-state index < -0.39 is 53.8 Å². The van der Waals surface area contributed by atoms with Crippen molar-refractivity contribution in [1.29, 1.82) is 0 Å². The second-order valence-corrected chi connectivity index (χ2v) is 9.91. The molecular formula is C26H37N7O7. The molecule has 1 aromatic heterocycles. The number of carboxylic acids is 1. The highest BCUT2D eigenvalue weighted by Crippen LogP contribution is 2.12. The van der Waals surface area contributed by atoms with Crippen molar-refractivity contribution < 1.29 is 34.2 Å². The van der Waals surface area contributed by atoms with Crippen LogP contribution >= 0.6 is 0 Å². The number of primary amides is 1. The van der Waals surface area contributed by atoms with E-state index in [0.717, 1.165) is 0 Å². The van der Waals surface area contributed by atoms with Crippen LogP contribution in [0.1, 0.15) is 44.4 Å². The van der Waals surface area contributed by atoms with Crippen molar-refractivity contribution in [2.24, 2.45) is 17.4 Å². The van der Waals surface area contributed by atoms with Gasteiger partial charge in [0.15, 0.2) is 0 Å². The van der Waals surface area contributed by atoms with Crippen LogP contribution in [-0.4, -0.2) is 73.9 Å². The van der Waals surface area contributed by atoms with Gasteiger partial charge in [0.1, 0.15) is 23.9 Å². The molecule has 4 atom stereocenters. The Balaban J connectivity index is 2.19. The van der Waals surface area contributed by atoms with Crippen molar-refractivity contribution in [1.82, 2.24) is 25.9 Å². The number of aromatic nitrogens is 2. The number of carboxylic acid groups (broad SMARTS) is 1. The number of carbonyl (C=O) groups excluding carboxylic acids is 4. The molecule has 2 rings (SSSR count). The number of nitrogens with two attached hydrogens (primary N) is 2. The molecule has 0 saturated carbocycles. The topological polar surface area (TPSA) is 243 Å². The molecule has 40 heavy (non-hydrogen) atoms. The van der Waals surface area contributed by atoms with Crippen LogP contribution in [0, 0.1) is 5.92 Å². The highest BCUT2D eigenvalue weighted by Gasteiger charge is 2.31. The van der Waals surface area contributed by atoms with Gasteiger partial charge in [-0.2, -0.15) is 0 Å². The van der Waals surface area contributed by atoms with Crippen molar-refractivity contribution in [2.45, 2.75) is 70.1 Å². The number of phenols is 1. The van der Waals surface area contributed by atoms with Crippen molar-refractivity contribution in [2.75, 3.05) is 0 Å². The summed E-state index contributed by atoms with van der Waals surface area (Å²) in [6.45, 7) is 3.62. The maximum Gasteiger partial charge on any atom is 0.326 e. The highest BCUT2D eigenvalue weighted by molar-refractivity contribution is 5.94. The second-order valence-electron chi connectivity index (χ2n) is 9.91. The smallest absolute Gasteiger partial charge is 0.326 e. The minimum atomic E-state index is -1.27. The minimum absolute atomic E-state index is 0.0266. The van der Waals surface area contributed by atoms with Crippen LogP contribution < -0.4 is 27.4 Å². The number of rotatable bonds is 16. The van der Waals surface area contributed by atoms with Crippen molar-refractivity contribution >= 4 is 29.6 Å². The van der Waals surface area contributed by atoms with Gasteiger partial charge in [0, 0.05) is 24.7 Å². The zero-order valence-corrected chi connectivity index (χ0v) is 22.4. The van der Waals surface area contributed by atoms with Crippen LogP contribution in [0.2, 0.25) is 0 Å². The van der Waals surface area contributed by atoms with E-state index in [0.29, 0.717) is 11.3 Å². The van der Waals surface area contributed by atoms with E-state index in [4.69, 9.17) is 11.5 Å². The first-order chi connectivity index (χ1) is 18.8. The lowest BCUT2D eigenvalue weighted by molar-refractivity contribution is -0.142. The summed E-state index contributed by atoms with van der Waals surface area (Å²) in [5.74, 6) is -4.12. The molecule has 0 spiro atoms. The van der Waals surface area contributed by atoms with Gasteiger partial charge in [-0.25, -0.2) is 9.78 Å². The fraction of sp³-hybridized carbons (Fsp3) is 0.462. The number of aliphatic carboxylic acids is 1. The summed E-state index contributed by atoms with van der Waals surface area (Å²) in [7, 11) is 0. The van der Waals surface area contributed by atoms with Gasteiger partial charge < -0.3 is 42.6 Å². The van der Waals surface area contributed by atoms with E-state index in [1.165, 1.54) is 24.7 Å². The van der Waals surface area contributed by atoms with Crippen LogP contribution in [-0.2, 0) is 36.8 Å². The van der Waals surface area contributed by atoms with E-state index >= 15 is 0 Å². The van der Waals surface area contributed by atoms with Crippen molar-refractivity contribution in [3.8, 4) is 5.75 Å². The molecule has 14 nitrogen and oxygen atoms in total. The number of imidazole rings is 1. The normalized spacial score (nSPS) is 14.0. The van der Waals surface area contributed by atoms with Crippen molar-refractivity contribution in [3.05, 3.63) is 48.0 Å². The zero-order valence-electron chi connectivity index (χ0n) is 22.4. The summed E-state index contributed by atoms with van der Waals surface area (Å²) >= 11 is 0. The number of amides is 4. The molecule has 1 aromatic carbocycles. The van der Waals surface area contributed by atoms with Crippen LogP contribution in [0.25, 0.3) is 0 Å². The summed E-state index contributed by atoms with van der Waals surface area (Å²) in [5, 5.41) is 26.5. The second kappa shape index (κ2) is 15.2. The Labute approximate surface area is 231 Å². The zero-order chi connectivity index (χ0) is 29.8. The summed E-state index contributed by atoms with van der Waals surface area (Å²) in [5.41, 5.74) is 12.4. The molecule has 0 aliphatic heterocycles. The molecule has 10 N–H and O–H groups in total. The molecule has 218 valence electrons. The number of hydrogen-bond donors (Lipinski definition) is 8. The van der Waals surface area contributed by atoms with E-state index in [1.807, 2.05) is 13.8 Å². The molecule has 2 aromatic rings. The molecule has 4 amide bonds. The maximum atomic E-state index is 13.3. The fourth-order valence-corrected chi connectivity index (χ4v) is 3.88. The molecule has 4 unspecified atom stereocenters. The molecule has 0 radical (unpaired) electrons. The molecule has 0 fully saturated rings. The van der Waals surface area contributed by atoms with Crippen molar-refractivity contribution in [3.63, 3.8) is 0 Å². The SMILES string of the molecule is CC(C)CC(NC(=O)C(Cc1cnc[nH]1)NC(=O)C(CCC(N)=O)NC(=O)C(N)Cc1ccc(O)cc1)C(=O)O. The molecule has 0 bridgehead atoms. The summed E-state index contributed by atoms with van der Waals surface area (Å²) in [6.07, 6.45) is 2.65. The van der Waals surface area contributed by atoms with Gasteiger partial charge in [0.2, 0.25) is 23.6 Å². The largest absolute Gasteiger partial charge is 0.508 e. The average Bonchev–Trinajstić information content (AvgIpc) is 3.39. The van der Waals surface area contributed by atoms with E-state index in [9.17, 15) is 34.2 Å². The molecule has 0 aliphatic rings. The lowest BCUT2D eigenvalue weighted by Gasteiger charge is -2.25. The summed E-state index contributed by atoms with van der Waals surface area (Å²) in [6, 6.07) is 1.34. The highest BCUT2D eigenvalue weighted by atomic mass is 16.4. The van der Waals surface area contributed by atoms with E-state index in [2.05, 4.69) is 25.9 Å². The first kappa shape index (κ1) is 31.8. The van der Waals surface area contributed by atoms with Gasteiger partial charge >= 0.3 is 5.97 Å². The monoisotopic (exact) mass is 559 g/mol. The van der Waals surface area contributed by atoms with Gasteiger partial charge in [-0.1, -0.05) is 26.0 Å². The Hall–Kier alpha value is -4.46. The third-order valence-electron chi connectivity index (χ3n) is 5.97. The Morgan fingerprint density at radius 3 is 2.08 bits per heavy atom. The number of nitrogens with one attached hydrogen (secondary N) is 4. The number of phenolic OH excluding ortho intramolecular Hbond substituents is 1. The van der Waals surface area contributed by atoms with E-state index in [1.54, 1.807) is 12.1 Å². The quantitative estimate of drug-likeness (QED) is 0.127. The lowest BCUT2D eigenvalue weighted by Crippen LogP contribution is -2.58. The Morgan fingerprint density at radius 1 is 0.925 bits per heavy atom. The van der Waals surface area contributed by atoms with Gasteiger partial charge in [-0.3, -0.25) is 19.2 Å². The van der Waals surface area contributed by atoms with Gasteiger partial charge in [-0.15, -0.1) is 0 Å². The molecular weight excluding hydrogens is 522 g/mol. The Bertz CT molecular complexity index is 1150. The summed E-state index contributed by atoms with van der Waals surface area (Å²) in [4.78, 5) is 69.1. The third-order valence-corrected chi connectivity index (χ3v) is 5.97. The number of aromatic hydroxyl groups is 1. The number of hydrogen-bond acceptors (Lipinski definition) is 8. The number of carbonyl (C=O) groups is 5. The summed E-state index contributed by atoms with van der Waals surface area (Å²) < 4.78 is 0. The first-order valence-electron chi connectivity index (χ1n) is 12.8. The minimum Gasteiger partial charge on any atom is -0.508 e.